The van der Waals surface area contributed by atoms with Crippen LogP contribution in [0.25, 0.3) is 0 Å². The average molecular weight is 1430 g/mol. The molecule has 85 heavy (non-hydrogen) atoms. The third kappa shape index (κ3) is 89.2. The molecule has 0 heterocycles. The molecule has 17 heteroatoms. The summed E-state index contributed by atoms with van der Waals surface area (Å²) in [4.78, 5) is 21.9. The van der Waals surface area contributed by atoms with Crippen LogP contribution in [0.4, 0.5) is 0 Å². The van der Waals surface area contributed by atoms with E-state index in [0.29, 0.717) is 0 Å². The first kappa shape index (κ1) is 94.7. The Hall–Kier alpha value is 0.968. The van der Waals surface area contributed by atoms with Gasteiger partial charge >= 0.3 is 21.1 Å². The second-order valence-electron chi connectivity index (χ2n) is 23.2. The maximum atomic E-state index is 5.49. The molecule has 0 unspecified atom stereocenters. The molecule has 0 aromatic carbocycles. The Kier molecular flexibility index (Phi) is 92.4. The van der Waals surface area contributed by atoms with Crippen molar-refractivity contribution in [2.24, 2.45) is 0 Å². The second kappa shape index (κ2) is 83.0. The average Bonchev–Trinajstić information content (AvgIpc) is 3.45. The summed E-state index contributed by atoms with van der Waals surface area (Å²) in [6, 6.07) is 0. The van der Waals surface area contributed by atoms with Gasteiger partial charge in [0.05, 0.1) is 17.5 Å². The van der Waals surface area contributed by atoms with Gasteiger partial charge in [0.25, 0.3) is 0 Å². The minimum absolute atomic E-state index is 0. The fourth-order valence-corrected chi connectivity index (χ4v) is 10.6. The van der Waals surface area contributed by atoms with Crippen molar-refractivity contribution in [3.8, 4) is 0 Å². The Morgan fingerprint density at radius 1 is 0.200 bits per heavy atom. The quantitative estimate of drug-likeness (QED) is 0.0191. The number of rotatable bonds is 60. The molecule has 0 aromatic rings. The molecule has 0 amide bonds. The number of hydrogen-bond donors (Lipinski definition) is 0. The third-order valence-electron chi connectivity index (χ3n) is 14.9. The maximum Gasteiger partial charge on any atom is 4.00 e. The Labute approximate surface area is 588 Å². The predicted molar refractivity (Wildman–Crippen MR) is 397 cm³/mol. The monoisotopic (exact) mass is 1430 g/mol. The van der Waals surface area contributed by atoms with Crippen molar-refractivity contribution in [1.82, 2.24) is 20.3 Å². The third-order valence-corrected chi connectivity index (χ3v) is 15.5. The Morgan fingerprint density at radius 2 is 0.294 bits per heavy atom. The first-order valence-corrected chi connectivity index (χ1v) is 38.6. The fraction of sp³-hybridized carbons (Fsp3) is 0.941. The number of hydroxylamine groups is 8. The van der Waals surface area contributed by atoms with Gasteiger partial charge in [-0.25, -0.2) is 0 Å². The molecule has 8 nitrogen and oxygen atoms in total. The van der Waals surface area contributed by atoms with Crippen molar-refractivity contribution < 1.29 is 40.4 Å². The van der Waals surface area contributed by atoms with Crippen LogP contribution in [0.3, 0.4) is 0 Å². The van der Waals surface area contributed by atoms with Crippen molar-refractivity contribution in [3.63, 3.8) is 0 Å². The van der Waals surface area contributed by atoms with Gasteiger partial charge < -0.3 is 119 Å². The van der Waals surface area contributed by atoms with Crippen LogP contribution in [-0.2, 0) is 90.9 Å². The first-order valence-electron chi connectivity index (χ1n) is 35.4. The van der Waals surface area contributed by atoms with Crippen LogP contribution >= 0.6 is 48.9 Å². The van der Waals surface area contributed by atoms with Crippen LogP contribution in [0.5, 0.6) is 0 Å². The molecule has 0 saturated heterocycles. The maximum absolute atomic E-state index is 5.49. The molecule has 0 spiro atoms. The van der Waals surface area contributed by atoms with Gasteiger partial charge in [0.15, 0.2) is 0 Å². The van der Waals surface area contributed by atoms with E-state index in [1.165, 1.54) is 308 Å². The van der Waals surface area contributed by atoms with E-state index in [9.17, 15) is 0 Å². The van der Waals surface area contributed by atoms with Gasteiger partial charge in [-0.3, -0.25) is 0 Å². The van der Waals surface area contributed by atoms with E-state index in [1.54, 1.807) is 0 Å². The van der Waals surface area contributed by atoms with E-state index >= 15 is 0 Å². The summed E-state index contributed by atoms with van der Waals surface area (Å²) in [5, 5.41) is 7.92. The van der Waals surface area contributed by atoms with Crippen LogP contribution in [0.15, 0.2) is 0 Å². The largest absolute Gasteiger partial charge is 4.00 e. The molecule has 0 saturated carbocycles. The minimum Gasteiger partial charge on any atom is -0.426 e. The summed E-state index contributed by atoms with van der Waals surface area (Å²) in [7, 11) is 0. The standard InChI is InChI=1S/4C17H35NOS2.Mo/c4*1-3-5-7-9-11-13-15-18(19-17(20)21)16-14-12-10-8-6-4-2;/h4*3-16H2,1-2H3,(H,20,21);/q;;;;+4/p-4. The summed E-state index contributed by atoms with van der Waals surface area (Å²) >= 11 is 39.2. The van der Waals surface area contributed by atoms with Crippen molar-refractivity contribution in [2.45, 2.75) is 364 Å². The van der Waals surface area contributed by atoms with Crippen LogP contribution in [0.1, 0.15) is 364 Å². The second-order valence-corrected chi connectivity index (χ2v) is 27.2. The number of unbranched alkanes of at least 4 members (excludes halogenated alkanes) is 40. The summed E-state index contributed by atoms with van der Waals surface area (Å²) in [5.41, 5.74) is 0. The van der Waals surface area contributed by atoms with Crippen LogP contribution in [0.2, 0.25) is 0 Å². The fourth-order valence-electron chi connectivity index (χ4n) is 9.78. The SMILES string of the molecule is CCCCCCCCN(CCCCCCCC)OC(=S)[S-].CCCCCCCCN(CCCCCCCC)OC(=S)[S-].CCCCCCCCN(CCCCCCCC)OC(=S)[S-].CCCCCCCCN(CCCCCCCC)OC(=S)[S-].[Mo+4]. The van der Waals surface area contributed by atoms with Gasteiger partial charge in [-0.2, -0.15) is 0 Å². The molecular weight excluding hydrogens is 1290 g/mol. The van der Waals surface area contributed by atoms with Crippen molar-refractivity contribution in [1.29, 1.82) is 0 Å². The zero-order valence-corrected chi connectivity index (χ0v) is 65.2. The predicted octanol–water partition coefficient (Wildman–Crippen LogP) is 23.1. The number of hydrogen-bond acceptors (Lipinski definition) is 16. The zero-order chi connectivity index (χ0) is 63.0. The van der Waals surface area contributed by atoms with Gasteiger partial charge in [-0.15, -0.1) is 20.3 Å². The molecule has 0 N–H and O–H groups in total. The molecule has 506 valence electrons. The topological polar surface area (TPSA) is 49.9 Å². The molecule has 0 rings (SSSR count). The first-order chi connectivity index (χ1) is 40.8. The van der Waals surface area contributed by atoms with Gasteiger partial charge in [-0.05, 0) is 51.4 Å². The van der Waals surface area contributed by atoms with Crippen molar-refractivity contribution in [2.75, 3.05) is 52.4 Å². The summed E-state index contributed by atoms with van der Waals surface area (Å²) < 4.78 is 0.915. The Balaban J connectivity index is -0.000000333. The molecule has 0 bridgehead atoms. The molecule has 0 aliphatic carbocycles. The van der Waals surface area contributed by atoms with E-state index in [-0.39, 0.29) is 38.6 Å². The van der Waals surface area contributed by atoms with Gasteiger partial charge in [0.1, 0.15) is 0 Å². The summed E-state index contributed by atoms with van der Waals surface area (Å²) in [5.74, 6) is 0. The molecule has 0 atom stereocenters. The molecular formula is C68H136MoN4O4S8. The van der Waals surface area contributed by atoms with Gasteiger partial charge in [0, 0.05) is 52.4 Å². The van der Waals surface area contributed by atoms with Crippen LogP contribution in [0, 0.1) is 0 Å². The van der Waals surface area contributed by atoms with Crippen LogP contribution in [-0.4, -0.2) is 90.1 Å². The van der Waals surface area contributed by atoms with Crippen molar-refractivity contribution >= 4 is 117 Å². The van der Waals surface area contributed by atoms with Gasteiger partial charge in [-0.1, -0.05) is 312 Å². The Bertz CT molecular complexity index is 1080. The van der Waals surface area contributed by atoms with Crippen LogP contribution < -0.4 is 0 Å². The summed E-state index contributed by atoms with van der Waals surface area (Å²) in [6.45, 7) is 25.7. The smallest absolute Gasteiger partial charge is 0.426 e. The van der Waals surface area contributed by atoms with Gasteiger partial charge in [0.2, 0.25) is 0 Å². The zero-order valence-electron chi connectivity index (χ0n) is 56.7. The van der Waals surface area contributed by atoms with Crippen molar-refractivity contribution in [3.05, 3.63) is 0 Å². The molecule has 0 radical (unpaired) electrons. The van der Waals surface area contributed by atoms with E-state index in [1.807, 2.05) is 20.3 Å². The normalized spacial score (nSPS) is 10.9. The number of nitrogens with zero attached hydrogens (tertiary/aromatic N) is 4. The van der Waals surface area contributed by atoms with E-state index in [0.717, 1.165) is 52.4 Å². The Morgan fingerprint density at radius 3 is 0.388 bits per heavy atom. The number of thiocarbonyl (C=S) groups is 4. The minimum atomic E-state index is 0. The molecule has 0 aliphatic heterocycles. The van der Waals surface area contributed by atoms with E-state index in [4.69, 9.17) is 119 Å². The van der Waals surface area contributed by atoms with E-state index < -0.39 is 0 Å². The molecule has 0 fully saturated rings. The molecule has 0 aromatic heterocycles. The summed E-state index contributed by atoms with van der Waals surface area (Å²) in [6.07, 6.45) is 62.4. The molecule has 0 aliphatic rings. The van der Waals surface area contributed by atoms with E-state index in [2.05, 4.69) is 55.4 Å².